The summed E-state index contributed by atoms with van der Waals surface area (Å²) >= 11 is 0. The largest absolute Gasteiger partial charge is 0.393 e. The van der Waals surface area contributed by atoms with Crippen LogP contribution >= 0.6 is 0 Å². The maximum absolute atomic E-state index is 12.2. The van der Waals surface area contributed by atoms with E-state index in [9.17, 15) is 18.3 Å². The molecule has 4 saturated carbocycles. The van der Waals surface area contributed by atoms with E-state index in [0.717, 1.165) is 49.2 Å². The minimum Gasteiger partial charge on any atom is -0.393 e. The smallest absolute Gasteiger partial charge is 0.154 e. The van der Waals surface area contributed by atoms with Crippen molar-refractivity contribution in [3.63, 3.8) is 0 Å². The van der Waals surface area contributed by atoms with Crippen molar-refractivity contribution in [2.45, 2.75) is 104 Å². The summed E-state index contributed by atoms with van der Waals surface area (Å²) in [6, 6.07) is 0. The lowest BCUT2D eigenvalue weighted by molar-refractivity contribution is -0.152. The van der Waals surface area contributed by atoms with Crippen molar-refractivity contribution in [1.82, 2.24) is 0 Å². The molecule has 190 valence electrons. The van der Waals surface area contributed by atoms with Crippen molar-refractivity contribution < 1.29 is 18.3 Å². The van der Waals surface area contributed by atoms with Crippen molar-refractivity contribution >= 4 is 15.6 Å². The Balaban J connectivity index is 1.48. The summed E-state index contributed by atoms with van der Waals surface area (Å²) in [6.07, 6.45) is 13.3. The van der Waals surface area contributed by atoms with E-state index in [1.54, 1.807) is 0 Å². The monoisotopic (exact) mass is 480 g/mol. The number of sulfone groups is 1. The highest BCUT2D eigenvalue weighted by atomic mass is 32.2. The normalized spacial score (nSPS) is 46.2. The van der Waals surface area contributed by atoms with E-state index in [4.69, 9.17) is 0 Å². The summed E-state index contributed by atoms with van der Waals surface area (Å²) < 4.78 is 23.0. The van der Waals surface area contributed by atoms with Gasteiger partial charge in [-0.05, 0) is 110 Å². The van der Waals surface area contributed by atoms with Crippen LogP contribution in [0.1, 0.15) is 98.3 Å². The molecule has 0 saturated heterocycles. The third-order valence-electron chi connectivity index (χ3n) is 11.4. The summed E-state index contributed by atoms with van der Waals surface area (Å²) in [5.41, 5.74) is 0.752. The minimum absolute atomic E-state index is 0.0929. The average molecular weight is 481 g/mol. The number of carbonyl (C=O) groups excluding carboxylic acids is 1. The van der Waals surface area contributed by atoms with Gasteiger partial charge in [0.05, 0.1) is 6.10 Å². The first-order chi connectivity index (χ1) is 15.4. The van der Waals surface area contributed by atoms with E-state index < -0.39 is 9.84 Å². The number of hydrogen-bond donors (Lipinski definition) is 1. The van der Waals surface area contributed by atoms with Gasteiger partial charge in [0.2, 0.25) is 0 Å². The summed E-state index contributed by atoms with van der Waals surface area (Å²) in [6.45, 7) is 9.81. The van der Waals surface area contributed by atoms with E-state index in [1.807, 2.05) is 0 Å². The maximum Gasteiger partial charge on any atom is 0.154 e. The molecule has 33 heavy (non-hydrogen) atoms. The molecule has 0 amide bonds. The van der Waals surface area contributed by atoms with Crippen LogP contribution in [0.2, 0.25) is 0 Å². The first kappa shape index (κ1) is 25.7. The lowest BCUT2D eigenvalue weighted by atomic mass is 9.42. The van der Waals surface area contributed by atoms with Gasteiger partial charge in [-0.3, -0.25) is 4.79 Å². The van der Waals surface area contributed by atoms with Crippen molar-refractivity contribution in [2.24, 2.45) is 52.3 Å². The van der Waals surface area contributed by atoms with Crippen LogP contribution in [0, 0.1) is 52.3 Å². The second-order valence-electron chi connectivity index (χ2n) is 13.2. The number of Topliss-reactive ketones (excluding diaryl/α,β-unsaturated/α-hetero) is 1. The van der Waals surface area contributed by atoms with E-state index in [2.05, 4.69) is 27.7 Å². The summed E-state index contributed by atoms with van der Waals surface area (Å²) in [5.74, 6) is 4.54. The Bertz CT molecular complexity index is 837. The fourth-order valence-corrected chi connectivity index (χ4v) is 10.6. The lowest BCUT2D eigenvalue weighted by Gasteiger charge is -2.63. The van der Waals surface area contributed by atoms with Crippen molar-refractivity contribution in [2.75, 3.05) is 12.0 Å². The van der Waals surface area contributed by atoms with Gasteiger partial charge in [-0.2, -0.15) is 0 Å². The number of ketones is 1. The van der Waals surface area contributed by atoms with E-state index in [0.29, 0.717) is 35.0 Å². The lowest BCUT2D eigenvalue weighted by Crippen LogP contribution is -2.56. The van der Waals surface area contributed by atoms with Crippen LogP contribution < -0.4 is 0 Å². The third-order valence-corrected chi connectivity index (χ3v) is 12.3. The molecule has 0 bridgehead atoms. The van der Waals surface area contributed by atoms with Gasteiger partial charge >= 0.3 is 0 Å². The summed E-state index contributed by atoms with van der Waals surface area (Å²) in [5, 5.41) is 10.5. The zero-order chi connectivity index (χ0) is 24.2. The Labute approximate surface area is 202 Å². The van der Waals surface area contributed by atoms with Gasteiger partial charge in [-0.15, -0.1) is 0 Å². The predicted octanol–water partition coefficient (Wildman–Crippen LogP) is 5.67. The zero-order valence-electron chi connectivity index (χ0n) is 21.7. The molecule has 0 aliphatic heterocycles. The second kappa shape index (κ2) is 9.22. The number of carbonyl (C=O) groups is 1. The SMILES string of the molecule is CC[C@H]1C[C@@H]2[C@H](CC[C@]3(C)[C@@H]([C@H](C)CCC(=O)CS(C)(=O)=O)CC[C@@H]23)[C@@]2(C)CC[C@@H](O)C[C@@H]12. The fourth-order valence-electron chi connectivity index (χ4n) is 9.86. The predicted molar refractivity (Wildman–Crippen MR) is 134 cm³/mol. The van der Waals surface area contributed by atoms with Crippen LogP contribution in [-0.4, -0.2) is 37.4 Å². The van der Waals surface area contributed by atoms with Crippen molar-refractivity contribution in [1.29, 1.82) is 0 Å². The third kappa shape index (κ3) is 4.71. The minimum atomic E-state index is -3.23. The highest BCUT2D eigenvalue weighted by Crippen LogP contribution is 2.69. The molecule has 4 rings (SSSR count). The number of hydrogen-bond acceptors (Lipinski definition) is 4. The number of aliphatic hydroxyl groups is 1. The van der Waals surface area contributed by atoms with Crippen LogP contribution in [0.15, 0.2) is 0 Å². The molecular weight excluding hydrogens is 432 g/mol. The Morgan fingerprint density at radius 1 is 1.00 bits per heavy atom. The topological polar surface area (TPSA) is 71.4 Å². The number of fused-ring (bicyclic) bond motifs is 5. The first-order valence-electron chi connectivity index (χ1n) is 13.8. The first-order valence-corrected chi connectivity index (χ1v) is 15.8. The number of aliphatic hydroxyl groups excluding tert-OH is 1. The molecular formula is C28H48O4S. The molecule has 4 aliphatic rings. The molecule has 1 N–H and O–H groups in total. The highest BCUT2D eigenvalue weighted by molar-refractivity contribution is 7.91. The van der Waals surface area contributed by atoms with Gasteiger partial charge in [-0.1, -0.05) is 34.1 Å². The number of rotatable bonds is 7. The van der Waals surface area contributed by atoms with Crippen LogP contribution in [0.4, 0.5) is 0 Å². The maximum atomic E-state index is 12.2. The molecule has 0 heterocycles. The molecule has 0 unspecified atom stereocenters. The molecule has 0 aromatic rings. The Hall–Kier alpha value is -0.420. The molecule has 4 fully saturated rings. The van der Waals surface area contributed by atoms with Gasteiger partial charge < -0.3 is 5.11 Å². The van der Waals surface area contributed by atoms with Gasteiger partial charge in [0.25, 0.3) is 0 Å². The van der Waals surface area contributed by atoms with Crippen LogP contribution in [0.3, 0.4) is 0 Å². The average Bonchev–Trinajstić information content (AvgIpc) is 3.08. The van der Waals surface area contributed by atoms with Crippen molar-refractivity contribution in [3.05, 3.63) is 0 Å². The molecule has 10 atom stereocenters. The van der Waals surface area contributed by atoms with E-state index >= 15 is 0 Å². The standard InChI is InChI=1S/C28H48O4S/c1-6-19-15-22-24-10-9-23(18(2)7-8-21(30)17-33(5,31)32)27(24,3)14-12-25(22)28(4)13-11-20(29)16-26(19)28/h18-20,22-26,29H,6-17H2,1-5H3/t18-,19+,20-,22+,23-,24+,25+,26+,27-,28-/m1/s1. The second-order valence-corrected chi connectivity index (χ2v) is 15.3. The Morgan fingerprint density at radius 3 is 2.33 bits per heavy atom. The molecule has 0 radical (unpaired) electrons. The molecule has 0 aromatic carbocycles. The summed E-state index contributed by atoms with van der Waals surface area (Å²) in [7, 11) is -3.23. The molecule has 4 aliphatic carbocycles. The van der Waals surface area contributed by atoms with Gasteiger partial charge in [0, 0.05) is 12.7 Å². The van der Waals surface area contributed by atoms with E-state index in [1.165, 1.54) is 44.9 Å². The van der Waals surface area contributed by atoms with Gasteiger partial charge in [0.15, 0.2) is 9.84 Å². The van der Waals surface area contributed by atoms with Gasteiger partial charge in [-0.25, -0.2) is 8.42 Å². The molecule has 0 spiro atoms. The quantitative estimate of drug-likeness (QED) is 0.509. The Kier molecular flexibility index (Phi) is 7.17. The van der Waals surface area contributed by atoms with Crippen LogP contribution in [0.5, 0.6) is 0 Å². The van der Waals surface area contributed by atoms with Crippen LogP contribution in [0.25, 0.3) is 0 Å². The highest BCUT2D eigenvalue weighted by Gasteiger charge is 2.62. The van der Waals surface area contributed by atoms with Crippen LogP contribution in [-0.2, 0) is 14.6 Å². The zero-order valence-corrected chi connectivity index (χ0v) is 22.5. The van der Waals surface area contributed by atoms with E-state index in [-0.39, 0.29) is 17.6 Å². The van der Waals surface area contributed by atoms with Crippen molar-refractivity contribution in [3.8, 4) is 0 Å². The van der Waals surface area contributed by atoms with Gasteiger partial charge in [0.1, 0.15) is 11.5 Å². The molecule has 4 nitrogen and oxygen atoms in total. The molecule has 5 heteroatoms. The fraction of sp³-hybridized carbons (Fsp3) is 0.964. The Morgan fingerprint density at radius 2 is 1.67 bits per heavy atom. The summed E-state index contributed by atoms with van der Waals surface area (Å²) in [4.78, 5) is 12.2. The molecule has 0 aromatic heterocycles.